The van der Waals surface area contributed by atoms with Gasteiger partial charge in [-0.25, -0.2) is 9.36 Å². The first kappa shape index (κ1) is 30.7. The number of anilines is 1. The quantitative estimate of drug-likeness (QED) is 0.184. The van der Waals surface area contributed by atoms with Crippen LogP contribution in [0.25, 0.3) is 0 Å². The third kappa shape index (κ3) is 7.32. The summed E-state index contributed by atoms with van der Waals surface area (Å²) in [6, 6.07) is 15.0. The molecule has 1 saturated heterocycles. The van der Waals surface area contributed by atoms with Crippen molar-refractivity contribution >= 4 is 31.1 Å². The van der Waals surface area contributed by atoms with Gasteiger partial charge in [-0.1, -0.05) is 41.9 Å². The van der Waals surface area contributed by atoms with Crippen LogP contribution in [0.3, 0.4) is 0 Å². The highest BCUT2D eigenvalue weighted by Gasteiger charge is 2.54. The van der Waals surface area contributed by atoms with Crippen LogP contribution < -0.4 is 21.0 Å². The zero-order valence-corrected chi connectivity index (χ0v) is 23.8. The van der Waals surface area contributed by atoms with Crippen molar-refractivity contribution in [3.05, 3.63) is 87.9 Å². The summed E-state index contributed by atoms with van der Waals surface area (Å²) in [5.41, 5.74) is 3.49. The summed E-state index contributed by atoms with van der Waals surface area (Å²) in [6.07, 6.45) is -2.91. The molecule has 41 heavy (non-hydrogen) atoms. The molecule has 0 saturated carbocycles. The highest BCUT2D eigenvalue weighted by atomic mass is 35.5. The summed E-state index contributed by atoms with van der Waals surface area (Å²) >= 11 is 5.96. The molecule has 6 atom stereocenters. The van der Waals surface area contributed by atoms with Crippen LogP contribution in [0.5, 0.6) is 5.75 Å². The van der Waals surface area contributed by atoms with Crippen molar-refractivity contribution in [2.75, 3.05) is 19.5 Å². The Kier molecular flexibility index (Phi) is 9.50. The van der Waals surface area contributed by atoms with Gasteiger partial charge in [0.15, 0.2) is 6.23 Å². The normalized spacial score (nSPS) is 24.4. The van der Waals surface area contributed by atoms with E-state index in [4.69, 9.17) is 35.9 Å². The lowest BCUT2D eigenvalue weighted by Gasteiger charge is -2.27. The van der Waals surface area contributed by atoms with Crippen molar-refractivity contribution < 1.29 is 38.1 Å². The first-order valence-electron chi connectivity index (χ1n) is 12.4. The molecule has 13 nitrogen and oxygen atoms in total. The molecular weight excluding hydrogens is 579 g/mol. The zero-order valence-electron chi connectivity index (χ0n) is 22.1. The van der Waals surface area contributed by atoms with E-state index in [0.29, 0.717) is 5.02 Å². The number of methoxy groups -OCH3 is 1. The van der Waals surface area contributed by atoms with Crippen LogP contribution in [-0.2, 0) is 29.8 Å². The Morgan fingerprint density at radius 1 is 1.24 bits per heavy atom. The van der Waals surface area contributed by atoms with Crippen LogP contribution >= 0.6 is 19.3 Å². The fourth-order valence-electron chi connectivity index (χ4n) is 4.24. The van der Waals surface area contributed by atoms with E-state index in [1.807, 2.05) is 6.07 Å². The maximum Gasteiger partial charge on any atom is 0.459 e. The minimum atomic E-state index is -4.41. The molecule has 3 aromatic rings. The number of esters is 1. The Labute approximate surface area is 240 Å². The van der Waals surface area contributed by atoms with Crippen molar-refractivity contribution in [2.45, 2.75) is 43.4 Å². The molecule has 1 fully saturated rings. The van der Waals surface area contributed by atoms with Crippen molar-refractivity contribution in [2.24, 2.45) is 0 Å². The number of rotatable bonds is 11. The molecule has 220 valence electrons. The third-order valence-electron chi connectivity index (χ3n) is 6.39. The molecule has 5 N–H and O–H groups in total. The average Bonchev–Trinajstić information content (AvgIpc) is 3.16. The summed E-state index contributed by atoms with van der Waals surface area (Å²) in [5, 5.41) is 24.9. The molecule has 4 rings (SSSR count). The molecule has 1 aliphatic rings. The van der Waals surface area contributed by atoms with Gasteiger partial charge in [0.2, 0.25) is 0 Å². The first-order chi connectivity index (χ1) is 19.4. The zero-order chi connectivity index (χ0) is 29.8. The second kappa shape index (κ2) is 12.7. The van der Waals surface area contributed by atoms with Gasteiger partial charge in [0.05, 0.1) is 13.7 Å². The van der Waals surface area contributed by atoms with Crippen LogP contribution in [0.15, 0.2) is 71.7 Å². The molecule has 0 aliphatic carbocycles. The predicted octanol–water partition coefficient (Wildman–Crippen LogP) is 2.07. The average molecular weight is 609 g/mol. The molecule has 1 aromatic heterocycles. The fraction of sp³-hybridized carbons (Fsp3) is 0.346. The topological polar surface area (TPSA) is 184 Å². The Balaban J connectivity index is 1.58. The Hall–Kier alpha value is -3.29. The molecule has 0 spiro atoms. The number of nitrogen functional groups attached to an aromatic ring is 1. The lowest BCUT2D eigenvalue weighted by Crippen LogP contribution is -2.46. The van der Waals surface area contributed by atoms with Crippen LogP contribution in [0, 0.1) is 0 Å². The van der Waals surface area contributed by atoms with Crippen LogP contribution in [0.4, 0.5) is 5.82 Å². The van der Waals surface area contributed by atoms with Crippen LogP contribution in [0.2, 0.25) is 5.02 Å². The van der Waals surface area contributed by atoms with Gasteiger partial charge in [0.1, 0.15) is 35.4 Å². The van der Waals surface area contributed by atoms with E-state index in [1.165, 1.54) is 50.6 Å². The molecule has 0 bridgehead atoms. The third-order valence-corrected chi connectivity index (χ3v) is 8.21. The monoisotopic (exact) mass is 608 g/mol. The van der Waals surface area contributed by atoms with Gasteiger partial charge in [-0.2, -0.15) is 10.1 Å². The summed E-state index contributed by atoms with van der Waals surface area (Å²) in [7, 11) is -3.22. The Bertz CT molecular complexity index is 1460. The van der Waals surface area contributed by atoms with Gasteiger partial charge in [0.25, 0.3) is 0 Å². The largest absolute Gasteiger partial charge is 0.468 e. The summed E-state index contributed by atoms with van der Waals surface area (Å²) in [4.78, 5) is 28.7. The maximum atomic E-state index is 14.1. The smallest absolute Gasteiger partial charge is 0.459 e. The fourth-order valence-corrected chi connectivity index (χ4v) is 5.87. The summed E-state index contributed by atoms with van der Waals surface area (Å²) in [5.74, 6) is -0.662. The predicted molar refractivity (Wildman–Crippen MR) is 148 cm³/mol. The standard InChI is InChI=1S/C26H30ClN4O9P/c1-26(35)22(32)20(39-24(26)31-13-12-21(28)29-25(31)34)15-38-41(36,40-18-10-8-17(27)9-11-18)30-19(23(33)37-2)14-16-6-4-3-5-7-16/h3-13,19-20,22,24,32,35H,14-15H2,1-2H3,(H,30,36)(H2,28,29,34)/t19-,20+,22+,24+,26+,41?/m0/s1. The number of carbonyl (C=O) groups excluding carboxylic acids is 1. The molecule has 0 amide bonds. The van der Waals surface area contributed by atoms with Crippen LogP contribution in [0.1, 0.15) is 18.7 Å². The molecule has 2 heterocycles. The van der Waals surface area contributed by atoms with E-state index in [2.05, 4.69) is 10.1 Å². The van der Waals surface area contributed by atoms with E-state index >= 15 is 0 Å². The van der Waals surface area contributed by atoms with Crippen molar-refractivity contribution in [1.82, 2.24) is 14.6 Å². The minimum Gasteiger partial charge on any atom is -0.468 e. The first-order valence-corrected chi connectivity index (χ1v) is 14.3. The lowest BCUT2D eigenvalue weighted by molar-refractivity contribution is -0.142. The number of carbonyl (C=O) groups is 1. The molecule has 2 aromatic carbocycles. The number of hydrogen-bond donors (Lipinski definition) is 4. The number of aliphatic hydroxyl groups excluding tert-OH is 1. The van der Waals surface area contributed by atoms with E-state index < -0.39 is 56.1 Å². The number of nitrogens with one attached hydrogen (secondary N) is 1. The van der Waals surface area contributed by atoms with E-state index in [1.54, 1.807) is 24.3 Å². The van der Waals surface area contributed by atoms with E-state index in [9.17, 15) is 24.4 Å². The SMILES string of the molecule is COC(=O)[C@H](Cc1ccccc1)NP(=O)(OC[C@H]1O[C@@H](n2ccc(N)nc2=O)[C@](C)(O)[C@@H]1O)Oc1ccc(Cl)cc1. The van der Waals surface area contributed by atoms with Gasteiger partial charge >= 0.3 is 19.4 Å². The van der Waals surface area contributed by atoms with Crippen molar-refractivity contribution in [3.8, 4) is 5.75 Å². The minimum absolute atomic E-state index is 0.0358. The van der Waals surface area contributed by atoms with Crippen molar-refractivity contribution in [3.63, 3.8) is 0 Å². The second-order valence-corrected chi connectivity index (χ2v) is 11.6. The Morgan fingerprint density at radius 3 is 2.56 bits per heavy atom. The number of ether oxygens (including phenoxy) is 2. The molecule has 15 heteroatoms. The van der Waals surface area contributed by atoms with Gasteiger partial charge in [-0.05, 0) is 49.2 Å². The molecule has 1 aliphatic heterocycles. The number of halogens is 1. The summed E-state index contributed by atoms with van der Waals surface area (Å²) in [6.45, 7) is 0.683. The molecule has 0 radical (unpaired) electrons. The second-order valence-electron chi connectivity index (χ2n) is 9.47. The highest BCUT2D eigenvalue weighted by molar-refractivity contribution is 7.52. The van der Waals surface area contributed by atoms with Gasteiger partial charge in [-0.3, -0.25) is 13.9 Å². The number of hydrogen-bond acceptors (Lipinski definition) is 11. The number of benzene rings is 2. The van der Waals surface area contributed by atoms with E-state index in [0.717, 1.165) is 10.1 Å². The van der Waals surface area contributed by atoms with Gasteiger partial charge in [-0.15, -0.1) is 0 Å². The Morgan fingerprint density at radius 2 is 1.93 bits per heavy atom. The van der Waals surface area contributed by atoms with Crippen molar-refractivity contribution in [1.29, 1.82) is 0 Å². The summed E-state index contributed by atoms with van der Waals surface area (Å²) < 4.78 is 37.1. The lowest BCUT2D eigenvalue weighted by atomic mass is 9.96. The van der Waals surface area contributed by atoms with Gasteiger partial charge in [0, 0.05) is 11.2 Å². The molecular formula is C26H30ClN4O9P. The van der Waals surface area contributed by atoms with Crippen LogP contribution in [-0.4, -0.2) is 63.3 Å². The van der Waals surface area contributed by atoms with Gasteiger partial charge < -0.3 is 29.9 Å². The number of aliphatic hydroxyl groups is 2. The highest BCUT2D eigenvalue weighted by Crippen LogP contribution is 2.47. The van der Waals surface area contributed by atoms with E-state index in [-0.39, 0.29) is 18.0 Å². The maximum absolute atomic E-state index is 14.1. The number of nitrogens with two attached hydrogens (primary N) is 1. The number of nitrogens with zero attached hydrogens (tertiary/aromatic N) is 2. The number of aromatic nitrogens is 2. The molecule has 1 unspecified atom stereocenters.